The minimum Gasteiger partial charge on any atom is -0.469 e. The summed E-state index contributed by atoms with van der Waals surface area (Å²) in [5.41, 5.74) is -5.93. The van der Waals surface area contributed by atoms with Crippen molar-refractivity contribution in [1.29, 1.82) is 0 Å². The molecule has 2 bridgehead atoms. The summed E-state index contributed by atoms with van der Waals surface area (Å²) in [7, 11) is -15.1. The first-order valence-corrected chi connectivity index (χ1v) is 11.5. The van der Waals surface area contributed by atoms with Gasteiger partial charge in [-0.1, -0.05) is 4.13 Å². The van der Waals surface area contributed by atoms with Crippen LogP contribution >= 0.6 is 0 Å². The third-order valence-corrected chi connectivity index (χ3v) is 9.33. The summed E-state index contributed by atoms with van der Waals surface area (Å²) in [5, 5.41) is -1.30. The molecule has 0 amide bonds. The first-order valence-electron chi connectivity index (χ1n) is 7.14. The number of sulfonamides is 1. The Labute approximate surface area is 151 Å². The molecule has 17 heteroatoms. The van der Waals surface area contributed by atoms with Gasteiger partial charge in [0.25, 0.3) is 10.1 Å². The fourth-order valence-corrected chi connectivity index (χ4v) is 8.12. The molecule has 6 atom stereocenters. The maximum atomic E-state index is 12.4. The highest BCUT2D eigenvalue weighted by Gasteiger charge is 2.72. The third-order valence-electron chi connectivity index (χ3n) is 4.76. The molecule has 1 heterocycles. The Balaban J connectivity index is 1.90. The van der Waals surface area contributed by atoms with E-state index in [-0.39, 0.29) is 6.42 Å². The molecule has 0 spiro atoms. The lowest BCUT2D eigenvalue weighted by atomic mass is 9.85. The van der Waals surface area contributed by atoms with E-state index in [0.29, 0.717) is 4.13 Å². The molecule has 156 valence electrons. The van der Waals surface area contributed by atoms with Crippen LogP contribution in [-0.4, -0.2) is 61.3 Å². The van der Waals surface area contributed by atoms with Crippen molar-refractivity contribution in [3.63, 3.8) is 0 Å². The lowest BCUT2D eigenvalue weighted by Gasteiger charge is -2.29. The minimum absolute atomic E-state index is 0.0272. The van der Waals surface area contributed by atoms with Gasteiger partial charge in [0.15, 0.2) is 0 Å². The van der Waals surface area contributed by atoms with Crippen LogP contribution in [0.15, 0.2) is 0 Å². The van der Waals surface area contributed by atoms with Gasteiger partial charge in [0.1, 0.15) is 17.5 Å². The lowest BCUT2D eigenvalue weighted by Crippen LogP contribution is -2.48. The number of nitrogens with one attached hydrogen (secondary N) is 1. The Hall–Kier alpha value is -1.01. The van der Waals surface area contributed by atoms with Crippen LogP contribution in [0.4, 0.5) is 13.2 Å². The summed E-state index contributed by atoms with van der Waals surface area (Å²) in [4.78, 5) is 11.9. The first kappa shape index (κ1) is 20.7. The number of methoxy groups -OCH3 is 1. The third kappa shape index (κ3) is 3.23. The quantitative estimate of drug-likeness (QED) is 0.382. The number of halogens is 3. The first-order chi connectivity index (χ1) is 12.1. The van der Waals surface area contributed by atoms with E-state index < -0.39 is 77.1 Å². The van der Waals surface area contributed by atoms with E-state index >= 15 is 0 Å². The minimum atomic E-state index is -6.29. The number of alkyl halides is 3. The standard InChI is InChI=1S/C10H12F3NO10S3/c1-22-9(15)5-3-2-4-7(23-25(16,17)8(4)5)6(3)24-27(20,21)14-26(18,19)10(11,12)13/h3-8,14H,2H2,1H3. The zero-order valence-electron chi connectivity index (χ0n) is 13.1. The number of hydrogen-bond acceptors (Lipinski definition) is 10. The number of ether oxygens (including phenoxy) is 1. The maximum Gasteiger partial charge on any atom is 0.512 e. The molecule has 2 aliphatic carbocycles. The van der Waals surface area contributed by atoms with Crippen molar-refractivity contribution in [2.24, 2.45) is 17.8 Å². The number of rotatable bonds is 5. The van der Waals surface area contributed by atoms with Crippen LogP contribution in [0.5, 0.6) is 0 Å². The molecule has 2 saturated carbocycles. The second kappa shape index (κ2) is 5.99. The molecule has 0 aromatic rings. The molecule has 11 nitrogen and oxygen atoms in total. The molecule has 27 heavy (non-hydrogen) atoms. The van der Waals surface area contributed by atoms with Gasteiger partial charge in [-0.2, -0.15) is 30.0 Å². The molecule has 3 fully saturated rings. The zero-order valence-corrected chi connectivity index (χ0v) is 15.6. The van der Waals surface area contributed by atoms with Crippen LogP contribution < -0.4 is 4.13 Å². The van der Waals surface area contributed by atoms with Gasteiger partial charge in [-0.3, -0.25) is 13.2 Å². The van der Waals surface area contributed by atoms with Gasteiger partial charge in [0.2, 0.25) is 0 Å². The monoisotopic (exact) mass is 459 g/mol. The van der Waals surface area contributed by atoms with Crippen molar-refractivity contribution in [3.05, 3.63) is 0 Å². The van der Waals surface area contributed by atoms with E-state index in [1.54, 1.807) is 0 Å². The van der Waals surface area contributed by atoms with Crippen LogP contribution in [0.25, 0.3) is 0 Å². The summed E-state index contributed by atoms with van der Waals surface area (Å²) in [6, 6.07) is 0. The topological polar surface area (TPSA) is 159 Å². The summed E-state index contributed by atoms with van der Waals surface area (Å²) >= 11 is 0. The van der Waals surface area contributed by atoms with Gasteiger partial charge in [0.05, 0.1) is 13.0 Å². The molecule has 1 N–H and O–H groups in total. The predicted molar refractivity (Wildman–Crippen MR) is 76.6 cm³/mol. The maximum absolute atomic E-state index is 12.4. The van der Waals surface area contributed by atoms with E-state index in [4.69, 9.17) is 4.18 Å². The second-order valence-electron chi connectivity index (χ2n) is 6.18. The molecule has 0 aromatic heterocycles. The Morgan fingerprint density at radius 1 is 1.19 bits per heavy atom. The van der Waals surface area contributed by atoms with Crippen LogP contribution in [0.2, 0.25) is 0 Å². The summed E-state index contributed by atoms with van der Waals surface area (Å²) in [6.45, 7) is 0. The summed E-state index contributed by atoms with van der Waals surface area (Å²) < 4.78 is 121. The van der Waals surface area contributed by atoms with Crippen molar-refractivity contribution in [2.75, 3.05) is 7.11 Å². The Morgan fingerprint density at radius 3 is 2.30 bits per heavy atom. The molecule has 1 aliphatic heterocycles. The number of carbonyl (C=O) groups is 1. The highest BCUT2D eigenvalue weighted by Crippen LogP contribution is 2.58. The van der Waals surface area contributed by atoms with Crippen LogP contribution in [-0.2, 0) is 48.3 Å². The van der Waals surface area contributed by atoms with Crippen molar-refractivity contribution in [2.45, 2.75) is 29.4 Å². The Morgan fingerprint density at radius 2 is 1.78 bits per heavy atom. The molecule has 3 aliphatic rings. The number of esters is 1. The van der Waals surface area contributed by atoms with Crippen LogP contribution in [0, 0.1) is 17.8 Å². The number of fused-ring (bicyclic) bond motifs is 1. The van der Waals surface area contributed by atoms with E-state index in [0.717, 1.165) is 7.11 Å². The van der Waals surface area contributed by atoms with Crippen molar-refractivity contribution in [1.82, 2.24) is 4.13 Å². The van der Waals surface area contributed by atoms with Crippen molar-refractivity contribution in [3.8, 4) is 0 Å². The summed E-state index contributed by atoms with van der Waals surface area (Å²) in [6.07, 6.45) is -3.09. The van der Waals surface area contributed by atoms with Gasteiger partial charge >= 0.3 is 31.8 Å². The van der Waals surface area contributed by atoms with Crippen molar-refractivity contribution >= 4 is 36.4 Å². The Kier molecular flexibility index (Phi) is 4.60. The zero-order chi connectivity index (χ0) is 20.6. The highest BCUT2D eigenvalue weighted by molar-refractivity contribution is 8.03. The largest absolute Gasteiger partial charge is 0.512 e. The molecule has 3 rings (SSSR count). The van der Waals surface area contributed by atoms with Crippen LogP contribution in [0.1, 0.15) is 6.42 Å². The average Bonchev–Trinajstić information content (AvgIpc) is 3.06. The van der Waals surface area contributed by atoms with E-state index in [1.165, 1.54) is 0 Å². The predicted octanol–water partition coefficient (Wildman–Crippen LogP) is -1.41. The smallest absolute Gasteiger partial charge is 0.469 e. The van der Waals surface area contributed by atoms with Crippen LogP contribution in [0.3, 0.4) is 0 Å². The summed E-state index contributed by atoms with van der Waals surface area (Å²) in [5.74, 6) is -4.26. The molecular weight excluding hydrogens is 447 g/mol. The SMILES string of the molecule is COC(=O)C1C2CC3C(OS(=O)(=O)C31)C2OS(=O)(=O)NS(=O)(=O)C(F)(F)F. The van der Waals surface area contributed by atoms with Gasteiger partial charge in [-0.15, -0.1) is 0 Å². The fraction of sp³-hybridized carbons (Fsp3) is 0.900. The Bertz CT molecular complexity index is 972. The molecule has 0 aromatic carbocycles. The number of carbonyl (C=O) groups excluding carboxylic acids is 1. The number of hydrogen-bond donors (Lipinski definition) is 1. The second-order valence-corrected chi connectivity index (χ2v) is 11.1. The van der Waals surface area contributed by atoms with Gasteiger partial charge in [-0.25, -0.2) is 8.42 Å². The van der Waals surface area contributed by atoms with E-state index in [1.807, 2.05) is 0 Å². The lowest BCUT2D eigenvalue weighted by molar-refractivity contribution is -0.148. The average molecular weight is 459 g/mol. The molecule has 6 unspecified atom stereocenters. The van der Waals surface area contributed by atoms with Crippen molar-refractivity contribution < 1.29 is 56.3 Å². The van der Waals surface area contributed by atoms with Gasteiger partial charge in [-0.05, 0) is 6.42 Å². The van der Waals surface area contributed by atoms with Gasteiger partial charge in [0, 0.05) is 11.8 Å². The fourth-order valence-electron chi connectivity index (χ4n) is 3.91. The van der Waals surface area contributed by atoms with Gasteiger partial charge < -0.3 is 4.74 Å². The van der Waals surface area contributed by atoms with E-state index in [9.17, 15) is 43.2 Å². The highest BCUT2D eigenvalue weighted by atomic mass is 32.3. The molecule has 0 radical (unpaired) electrons. The van der Waals surface area contributed by atoms with E-state index in [2.05, 4.69) is 8.92 Å². The molecule has 1 saturated heterocycles. The molecular formula is C10H12F3NO10S3. The normalized spacial score (nSPS) is 37.5.